The molecular formula is C20H25ClN4O2. The summed E-state index contributed by atoms with van der Waals surface area (Å²) in [7, 11) is 3.33. The lowest BCUT2D eigenvalue weighted by Crippen LogP contribution is -2.38. The number of hydrogen-bond acceptors (Lipinski definition) is 3. The highest BCUT2D eigenvalue weighted by Gasteiger charge is 2.06. The van der Waals surface area contributed by atoms with E-state index in [1.807, 2.05) is 43.3 Å². The molecule has 0 aliphatic heterocycles. The fourth-order valence-electron chi connectivity index (χ4n) is 2.38. The van der Waals surface area contributed by atoms with Gasteiger partial charge in [-0.15, -0.1) is 0 Å². The summed E-state index contributed by atoms with van der Waals surface area (Å²) in [6.07, 6.45) is 0.299. The summed E-state index contributed by atoms with van der Waals surface area (Å²) >= 11 is 6.13. The molecule has 144 valence electrons. The summed E-state index contributed by atoms with van der Waals surface area (Å²) in [6, 6.07) is 13.3. The highest BCUT2D eigenvalue weighted by atomic mass is 35.5. The standard InChI is InChI=1S/C20H25ClN4O2/c1-14-4-9-18(17(21)12-14)25-19(26)10-11-23-20(22-2)24-13-15-5-7-16(27-3)8-6-15/h4-9,12H,10-11,13H2,1-3H3,(H,25,26)(H2,22,23,24). The van der Waals surface area contributed by atoms with E-state index in [2.05, 4.69) is 20.9 Å². The molecule has 0 bridgehead atoms. The van der Waals surface area contributed by atoms with Crippen molar-refractivity contribution in [3.05, 3.63) is 58.6 Å². The van der Waals surface area contributed by atoms with E-state index < -0.39 is 0 Å². The second kappa shape index (κ2) is 10.4. The van der Waals surface area contributed by atoms with Crippen LogP contribution in [0.25, 0.3) is 0 Å². The summed E-state index contributed by atoms with van der Waals surface area (Å²) in [6.45, 7) is 3.03. The van der Waals surface area contributed by atoms with E-state index in [0.717, 1.165) is 16.9 Å². The molecule has 0 unspecified atom stereocenters. The Morgan fingerprint density at radius 1 is 1.15 bits per heavy atom. The molecule has 2 rings (SSSR count). The summed E-state index contributed by atoms with van der Waals surface area (Å²) in [5, 5.41) is 9.68. The largest absolute Gasteiger partial charge is 0.497 e. The summed E-state index contributed by atoms with van der Waals surface area (Å²) in [5.41, 5.74) is 2.77. The number of methoxy groups -OCH3 is 1. The SMILES string of the molecule is CN=C(NCCC(=O)Nc1ccc(C)cc1Cl)NCc1ccc(OC)cc1. The molecule has 6 nitrogen and oxygen atoms in total. The van der Waals surface area contributed by atoms with Crippen LogP contribution < -0.4 is 20.7 Å². The number of nitrogens with zero attached hydrogens (tertiary/aromatic N) is 1. The van der Waals surface area contributed by atoms with Crippen molar-refractivity contribution in [1.82, 2.24) is 10.6 Å². The second-order valence-corrected chi connectivity index (χ2v) is 6.39. The Balaban J connectivity index is 1.74. The number of amides is 1. The number of hydrogen-bond donors (Lipinski definition) is 3. The van der Waals surface area contributed by atoms with Crippen molar-refractivity contribution in [2.45, 2.75) is 19.9 Å². The molecule has 0 spiro atoms. The van der Waals surface area contributed by atoms with Crippen LogP contribution in [0.1, 0.15) is 17.5 Å². The number of halogens is 1. The number of carbonyl (C=O) groups is 1. The third kappa shape index (κ3) is 6.83. The fourth-order valence-corrected chi connectivity index (χ4v) is 2.66. The highest BCUT2D eigenvalue weighted by Crippen LogP contribution is 2.22. The van der Waals surface area contributed by atoms with Gasteiger partial charge in [-0.25, -0.2) is 0 Å². The summed E-state index contributed by atoms with van der Waals surface area (Å²) < 4.78 is 5.14. The molecule has 0 heterocycles. The Bertz CT molecular complexity index is 791. The zero-order chi connectivity index (χ0) is 19.6. The predicted octanol–water partition coefficient (Wildman–Crippen LogP) is 3.35. The maximum Gasteiger partial charge on any atom is 0.226 e. The zero-order valence-corrected chi connectivity index (χ0v) is 16.6. The van der Waals surface area contributed by atoms with Gasteiger partial charge in [0.05, 0.1) is 17.8 Å². The fraction of sp³-hybridized carbons (Fsp3) is 0.300. The maximum atomic E-state index is 12.1. The minimum atomic E-state index is -0.112. The van der Waals surface area contributed by atoms with Gasteiger partial charge in [-0.05, 0) is 42.3 Å². The van der Waals surface area contributed by atoms with Gasteiger partial charge in [0.1, 0.15) is 5.75 Å². The molecule has 0 saturated carbocycles. The lowest BCUT2D eigenvalue weighted by Gasteiger charge is -2.12. The van der Waals surface area contributed by atoms with E-state index in [1.54, 1.807) is 20.2 Å². The predicted molar refractivity (Wildman–Crippen MR) is 111 cm³/mol. The van der Waals surface area contributed by atoms with Crippen molar-refractivity contribution in [1.29, 1.82) is 0 Å². The number of carbonyl (C=O) groups excluding carboxylic acids is 1. The van der Waals surface area contributed by atoms with E-state index in [4.69, 9.17) is 16.3 Å². The number of aryl methyl sites for hydroxylation is 1. The Morgan fingerprint density at radius 3 is 2.52 bits per heavy atom. The topological polar surface area (TPSA) is 74.8 Å². The first-order chi connectivity index (χ1) is 13.0. The van der Waals surface area contributed by atoms with E-state index in [1.165, 1.54) is 0 Å². The number of nitrogens with one attached hydrogen (secondary N) is 3. The second-order valence-electron chi connectivity index (χ2n) is 5.98. The summed E-state index contributed by atoms with van der Waals surface area (Å²) in [5.74, 6) is 1.34. The Labute approximate surface area is 165 Å². The molecule has 0 atom stereocenters. The van der Waals surface area contributed by atoms with Crippen LogP contribution in [0.4, 0.5) is 5.69 Å². The maximum absolute atomic E-state index is 12.1. The first-order valence-electron chi connectivity index (χ1n) is 8.65. The molecule has 0 aliphatic rings. The third-order valence-corrected chi connectivity index (χ3v) is 4.20. The lowest BCUT2D eigenvalue weighted by molar-refractivity contribution is -0.116. The molecule has 1 amide bonds. The van der Waals surface area contributed by atoms with E-state index in [9.17, 15) is 4.79 Å². The van der Waals surface area contributed by atoms with Crippen molar-refractivity contribution in [2.24, 2.45) is 4.99 Å². The smallest absolute Gasteiger partial charge is 0.226 e. The normalized spacial score (nSPS) is 11.0. The zero-order valence-electron chi connectivity index (χ0n) is 15.8. The van der Waals surface area contributed by atoms with Gasteiger partial charge < -0.3 is 20.7 Å². The van der Waals surface area contributed by atoms with Crippen LogP contribution in [0, 0.1) is 6.92 Å². The number of rotatable bonds is 7. The van der Waals surface area contributed by atoms with Gasteiger partial charge in [0.25, 0.3) is 0 Å². The van der Waals surface area contributed by atoms with E-state index in [-0.39, 0.29) is 5.91 Å². The Hall–Kier alpha value is -2.73. The van der Waals surface area contributed by atoms with Crippen LogP contribution in [0.2, 0.25) is 5.02 Å². The minimum Gasteiger partial charge on any atom is -0.497 e. The lowest BCUT2D eigenvalue weighted by atomic mass is 10.2. The van der Waals surface area contributed by atoms with Gasteiger partial charge in [0, 0.05) is 26.6 Å². The van der Waals surface area contributed by atoms with Crippen LogP contribution >= 0.6 is 11.6 Å². The number of aliphatic imine (C=N–C) groups is 1. The van der Waals surface area contributed by atoms with Crippen LogP contribution in [0.3, 0.4) is 0 Å². The third-order valence-electron chi connectivity index (χ3n) is 3.89. The molecule has 0 radical (unpaired) electrons. The average molecular weight is 389 g/mol. The highest BCUT2D eigenvalue weighted by molar-refractivity contribution is 6.33. The van der Waals surface area contributed by atoms with E-state index in [0.29, 0.717) is 36.2 Å². The molecule has 3 N–H and O–H groups in total. The monoisotopic (exact) mass is 388 g/mol. The van der Waals surface area contributed by atoms with Crippen LogP contribution in [0.15, 0.2) is 47.5 Å². The van der Waals surface area contributed by atoms with Gasteiger partial charge in [0.2, 0.25) is 5.91 Å². The molecule has 27 heavy (non-hydrogen) atoms. The van der Waals surface area contributed by atoms with Gasteiger partial charge in [0.15, 0.2) is 5.96 Å². The van der Waals surface area contributed by atoms with Crippen LogP contribution in [-0.4, -0.2) is 32.6 Å². The van der Waals surface area contributed by atoms with Crippen molar-refractivity contribution >= 4 is 29.2 Å². The van der Waals surface area contributed by atoms with Gasteiger partial charge in [-0.1, -0.05) is 29.8 Å². The molecule has 7 heteroatoms. The van der Waals surface area contributed by atoms with Crippen molar-refractivity contribution in [3.8, 4) is 5.75 Å². The Morgan fingerprint density at radius 2 is 1.89 bits per heavy atom. The molecule has 0 fully saturated rings. The number of ether oxygens (including phenoxy) is 1. The Kier molecular flexibility index (Phi) is 7.95. The van der Waals surface area contributed by atoms with Crippen molar-refractivity contribution in [3.63, 3.8) is 0 Å². The van der Waals surface area contributed by atoms with Crippen LogP contribution in [0.5, 0.6) is 5.75 Å². The van der Waals surface area contributed by atoms with E-state index >= 15 is 0 Å². The number of guanidine groups is 1. The number of anilines is 1. The molecule has 0 aliphatic carbocycles. The van der Waals surface area contributed by atoms with Gasteiger partial charge in [-0.3, -0.25) is 9.79 Å². The molecule has 2 aromatic carbocycles. The van der Waals surface area contributed by atoms with Gasteiger partial charge >= 0.3 is 0 Å². The molecule has 0 aromatic heterocycles. The number of benzene rings is 2. The summed E-state index contributed by atoms with van der Waals surface area (Å²) in [4.78, 5) is 16.2. The minimum absolute atomic E-state index is 0.112. The first-order valence-corrected chi connectivity index (χ1v) is 9.03. The van der Waals surface area contributed by atoms with Crippen molar-refractivity contribution < 1.29 is 9.53 Å². The quantitative estimate of drug-likeness (QED) is 0.502. The first kappa shape index (κ1) is 20.6. The van der Waals surface area contributed by atoms with Crippen molar-refractivity contribution in [2.75, 3.05) is 26.0 Å². The molecular weight excluding hydrogens is 364 g/mol. The molecule has 2 aromatic rings. The van der Waals surface area contributed by atoms with Crippen LogP contribution in [-0.2, 0) is 11.3 Å². The average Bonchev–Trinajstić information content (AvgIpc) is 2.67. The van der Waals surface area contributed by atoms with Gasteiger partial charge in [-0.2, -0.15) is 0 Å². The molecule has 0 saturated heterocycles.